The molecule has 0 aliphatic heterocycles. The highest BCUT2D eigenvalue weighted by Gasteiger charge is 2.49. The Morgan fingerprint density at radius 1 is 1.12 bits per heavy atom. The van der Waals surface area contributed by atoms with Crippen molar-refractivity contribution in [1.29, 1.82) is 0 Å². The zero-order valence-electron chi connectivity index (χ0n) is 18.2. The summed E-state index contributed by atoms with van der Waals surface area (Å²) in [4.78, 5) is 11.8. The van der Waals surface area contributed by atoms with E-state index in [1.54, 1.807) is 54.6 Å². The number of aromatic hydroxyl groups is 1. The Bertz CT molecular complexity index is 942. The lowest BCUT2D eigenvalue weighted by Crippen LogP contribution is -2.57. The van der Waals surface area contributed by atoms with Gasteiger partial charge >= 0.3 is 5.97 Å². The van der Waals surface area contributed by atoms with E-state index in [1.807, 2.05) is 12.2 Å². The van der Waals surface area contributed by atoms with Gasteiger partial charge in [-0.25, -0.2) is 4.79 Å². The summed E-state index contributed by atoms with van der Waals surface area (Å²) in [5.74, 6) is -1.14. The SMILES string of the molecule is C=CC(/C=C\c1ccc(O)cc1)c1ccc(OC([C@@H](C)O)C(C)(O[C@H](O)SO)C(=O)O)cc1. The normalized spacial score (nSPS) is 17.0. The Balaban J connectivity index is 2.21. The summed E-state index contributed by atoms with van der Waals surface area (Å²) in [6.45, 7) is 6.34. The molecule has 2 aromatic carbocycles. The lowest BCUT2D eigenvalue weighted by Gasteiger charge is -2.36. The van der Waals surface area contributed by atoms with Gasteiger partial charge < -0.3 is 34.5 Å². The molecule has 0 saturated carbocycles. The Labute approximate surface area is 196 Å². The molecule has 5 N–H and O–H groups in total. The number of carbonyl (C=O) groups is 1. The number of aliphatic hydroxyl groups is 2. The lowest BCUT2D eigenvalue weighted by atomic mass is 9.94. The highest BCUT2D eigenvalue weighted by molar-refractivity contribution is 7.94. The zero-order valence-corrected chi connectivity index (χ0v) is 19.1. The number of aliphatic hydroxyl groups excluding tert-OH is 2. The van der Waals surface area contributed by atoms with Crippen LogP contribution in [0.1, 0.15) is 30.9 Å². The summed E-state index contributed by atoms with van der Waals surface area (Å²) in [7, 11) is 0. The highest BCUT2D eigenvalue weighted by atomic mass is 32.2. The molecule has 3 unspecified atom stereocenters. The first kappa shape index (κ1) is 26.4. The molecular formula is C24H28O8S. The quantitative estimate of drug-likeness (QED) is 0.176. The monoisotopic (exact) mass is 476 g/mol. The molecule has 2 rings (SSSR count). The average molecular weight is 477 g/mol. The minimum atomic E-state index is -2.15. The minimum Gasteiger partial charge on any atom is -0.508 e. The van der Waals surface area contributed by atoms with Crippen LogP contribution in [0.25, 0.3) is 6.08 Å². The number of hydrogen-bond donors (Lipinski definition) is 5. The summed E-state index contributed by atoms with van der Waals surface area (Å²) in [6, 6.07) is 13.6. The van der Waals surface area contributed by atoms with E-state index >= 15 is 0 Å². The van der Waals surface area contributed by atoms with E-state index in [1.165, 1.54) is 6.92 Å². The van der Waals surface area contributed by atoms with Crippen LogP contribution < -0.4 is 4.74 Å². The van der Waals surface area contributed by atoms with Crippen molar-refractivity contribution in [2.75, 3.05) is 0 Å². The van der Waals surface area contributed by atoms with Crippen LogP contribution in [0.15, 0.2) is 67.3 Å². The molecule has 0 heterocycles. The second kappa shape index (κ2) is 11.9. The van der Waals surface area contributed by atoms with Crippen LogP contribution in [-0.4, -0.2) is 54.4 Å². The van der Waals surface area contributed by atoms with Gasteiger partial charge in [-0.2, -0.15) is 0 Å². The van der Waals surface area contributed by atoms with Crippen LogP contribution in [0.3, 0.4) is 0 Å². The fraction of sp³-hybridized carbons (Fsp3) is 0.292. The molecule has 178 valence electrons. The van der Waals surface area contributed by atoms with E-state index in [4.69, 9.17) is 14.0 Å². The van der Waals surface area contributed by atoms with Gasteiger partial charge in [-0.15, -0.1) is 6.58 Å². The van der Waals surface area contributed by atoms with Crippen LogP contribution in [0.2, 0.25) is 0 Å². The zero-order chi connectivity index (χ0) is 24.6. The fourth-order valence-electron chi connectivity index (χ4n) is 3.18. The van der Waals surface area contributed by atoms with E-state index in [0.717, 1.165) is 18.1 Å². The fourth-order valence-corrected chi connectivity index (χ4v) is 3.43. The second-order valence-corrected chi connectivity index (χ2v) is 8.12. The van der Waals surface area contributed by atoms with E-state index < -0.39 is 29.4 Å². The van der Waals surface area contributed by atoms with Crippen molar-refractivity contribution < 1.29 is 39.2 Å². The molecule has 0 aliphatic rings. The number of benzene rings is 2. The van der Waals surface area contributed by atoms with Crippen molar-refractivity contribution >= 4 is 24.1 Å². The molecule has 5 atom stereocenters. The van der Waals surface area contributed by atoms with Gasteiger partial charge in [0.25, 0.3) is 0 Å². The van der Waals surface area contributed by atoms with E-state index in [0.29, 0.717) is 0 Å². The standard InChI is InChI=1S/C24H28O8S/c1-4-17(8-5-16-6-11-19(26)12-7-16)18-9-13-20(14-10-18)31-21(15(2)25)24(3,22(27)28)32-23(29)33-30/h4-15,17,21,23,25-26,29-30H,1H2,2-3H3,(H,27,28)/b8-5-/t15-,17?,21?,23+,24?/m1/s1. The molecule has 33 heavy (non-hydrogen) atoms. The number of rotatable bonds is 12. The maximum atomic E-state index is 11.8. The molecule has 8 nitrogen and oxygen atoms in total. The second-order valence-electron chi connectivity index (χ2n) is 7.50. The smallest absolute Gasteiger partial charge is 0.339 e. The molecule has 0 bridgehead atoms. The van der Waals surface area contributed by atoms with Crippen molar-refractivity contribution in [1.82, 2.24) is 0 Å². The molecule has 0 fully saturated rings. The number of carboxylic acids is 1. The maximum absolute atomic E-state index is 11.8. The van der Waals surface area contributed by atoms with Gasteiger partial charge in [0.2, 0.25) is 11.2 Å². The van der Waals surface area contributed by atoms with Gasteiger partial charge in [0.1, 0.15) is 11.5 Å². The number of aliphatic carboxylic acids is 1. The predicted molar refractivity (Wildman–Crippen MR) is 126 cm³/mol. The van der Waals surface area contributed by atoms with Gasteiger partial charge in [0, 0.05) is 5.92 Å². The van der Waals surface area contributed by atoms with Gasteiger partial charge in [0.05, 0.1) is 18.1 Å². The van der Waals surface area contributed by atoms with Crippen molar-refractivity contribution in [3.63, 3.8) is 0 Å². The molecule has 0 spiro atoms. The molecule has 0 saturated heterocycles. The average Bonchev–Trinajstić information content (AvgIpc) is 2.79. The third-order valence-corrected chi connectivity index (χ3v) is 5.29. The van der Waals surface area contributed by atoms with Gasteiger partial charge in [-0.1, -0.05) is 42.5 Å². The number of allylic oxidation sites excluding steroid dienone is 2. The molecule has 0 amide bonds. The maximum Gasteiger partial charge on any atom is 0.339 e. The van der Waals surface area contributed by atoms with Crippen LogP contribution in [0.4, 0.5) is 0 Å². The van der Waals surface area contributed by atoms with Gasteiger partial charge in [-0.05, 0) is 49.2 Å². The summed E-state index contributed by atoms with van der Waals surface area (Å²) in [5.41, 5.74) is -2.19. The Kier molecular flexibility index (Phi) is 9.51. The van der Waals surface area contributed by atoms with Crippen LogP contribution in [0.5, 0.6) is 11.5 Å². The highest BCUT2D eigenvalue weighted by Crippen LogP contribution is 2.29. The predicted octanol–water partition coefficient (Wildman–Crippen LogP) is 3.85. The van der Waals surface area contributed by atoms with Crippen molar-refractivity contribution in [2.45, 2.75) is 43.2 Å². The van der Waals surface area contributed by atoms with E-state index in [-0.39, 0.29) is 29.5 Å². The number of phenols is 1. The molecule has 2 aromatic rings. The Morgan fingerprint density at radius 2 is 1.73 bits per heavy atom. The third-order valence-electron chi connectivity index (χ3n) is 5.01. The van der Waals surface area contributed by atoms with Crippen LogP contribution in [0, 0.1) is 0 Å². The largest absolute Gasteiger partial charge is 0.508 e. The summed E-state index contributed by atoms with van der Waals surface area (Å²) in [5, 5.41) is 38.8. The van der Waals surface area contributed by atoms with Gasteiger partial charge in [-0.3, -0.25) is 0 Å². The molecule has 9 heteroatoms. The van der Waals surface area contributed by atoms with E-state index in [2.05, 4.69) is 6.58 Å². The topological polar surface area (TPSA) is 137 Å². The molecule has 0 aromatic heterocycles. The Hall–Kier alpha value is -2.82. The third kappa shape index (κ3) is 7.08. The summed E-state index contributed by atoms with van der Waals surface area (Å²) < 4.78 is 19.7. The number of phenolic OH excluding ortho intramolecular Hbond substituents is 1. The number of hydrogen-bond acceptors (Lipinski definition) is 8. The van der Waals surface area contributed by atoms with Crippen LogP contribution >= 0.6 is 12.0 Å². The molecule has 0 aliphatic carbocycles. The molecular weight excluding hydrogens is 448 g/mol. The summed E-state index contributed by atoms with van der Waals surface area (Å²) >= 11 is -0.0797. The van der Waals surface area contributed by atoms with Crippen molar-refractivity contribution in [2.24, 2.45) is 0 Å². The van der Waals surface area contributed by atoms with E-state index in [9.17, 15) is 25.2 Å². The first-order chi connectivity index (χ1) is 15.6. The van der Waals surface area contributed by atoms with Crippen LogP contribution in [-0.2, 0) is 9.53 Å². The lowest BCUT2D eigenvalue weighted by molar-refractivity contribution is -0.210. The number of carboxylic acid groups (broad SMARTS) is 1. The first-order valence-electron chi connectivity index (χ1n) is 10.0. The minimum absolute atomic E-state index is 0.0797. The summed E-state index contributed by atoms with van der Waals surface area (Å²) in [6.07, 6.45) is 2.93. The van der Waals surface area contributed by atoms with Gasteiger partial charge in [0.15, 0.2) is 6.10 Å². The first-order valence-corrected chi connectivity index (χ1v) is 10.9. The Morgan fingerprint density at radius 3 is 2.21 bits per heavy atom. The van der Waals surface area contributed by atoms with Crippen molar-refractivity contribution in [3.05, 3.63) is 78.4 Å². The number of ether oxygens (including phenoxy) is 2. The molecule has 0 radical (unpaired) electrons. The van der Waals surface area contributed by atoms with Crippen molar-refractivity contribution in [3.8, 4) is 11.5 Å².